The number of thiocarbonyl (C=S) groups is 1. The van der Waals surface area contributed by atoms with Gasteiger partial charge in [-0.2, -0.15) is 0 Å². The van der Waals surface area contributed by atoms with Gasteiger partial charge in [-0.3, -0.25) is 5.41 Å². The number of ether oxygens (including phenoxy) is 2. The first-order valence-electron chi connectivity index (χ1n) is 10.3. The molecule has 4 nitrogen and oxygen atoms in total. The van der Waals surface area contributed by atoms with Gasteiger partial charge in [-0.15, -0.1) is 0 Å². The molecule has 0 heterocycles. The van der Waals surface area contributed by atoms with Gasteiger partial charge in [0.05, 0.1) is 24.9 Å². The molecule has 0 radical (unpaired) electrons. The highest BCUT2D eigenvalue weighted by molar-refractivity contribution is 7.80. The summed E-state index contributed by atoms with van der Waals surface area (Å²) >= 11 is 5.59. The molecular formula is C26H28N2O2S. The van der Waals surface area contributed by atoms with Gasteiger partial charge in [0.25, 0.3) is 0 Å². The summed E-state index contributed by atoms with van der Waals surface area (Å²) in [4.78, 5) is 0.768. The van der Waals surface area contributed by atoms with Crippen molar-refractivity contribution in [3.8, 4) is 11.5 Å². The predicted octanol–water partition coefficient (Wildman–Crippen LogP) is 6.19. The zero-order valence-electron chi connectivity index (χ0n) is 18.2. The van der Waals surface area contributed by atoms with E-state index >= 15 is 0 Å². The van der Waals surface area contributed by atoms with E-state index < -0.39 is 0 Å². The summed E-state index contributed by atoms with van der Waals surface area (Å²) in [6, 6.07) is 21.8. The molecule has 0 aromatic heterocycles. The van der Waals surface area contributed by atoms with Gasteiger partial charge in [0.2, 0.25) is 0 Å². The van der Waals surface area contributed by atoms with Crippen LogP contribution < -0.4 is 14.8 Å². The maximum Gasteiger partial charge on any atom is 0.160 e. The molecule has 3 rings (SSSR count). The molecule has 31 heavy (non-hydrogen) atoms. The Bertz CT molecular complexity index is 1060. The molecule has 0 atom stereocenters. The summed E-state index contributed by atoms with van der Waals surface area (Å²) < 4.78 is 10.7. The number of hydrogen-bond donors (Lipinski definition) is 2. The normalized spacial score (nSPS) is 10.4. The van der Waals surface area contributed by atoms with Gasteiger partial charge in [-0.1, -0.05) is 66.3 Å². The van der Waals surface area contributed by atoms with Crippen LogP contribution in [0.5, 0.6) is 11.5 Å². The molecule has 0 aliphatic heterocycles. The number of nitrogens with one attached hydrogen (secondary N) is 2. The van der Waals surface area contributed by atoms with E-state index in [9.17, 15) is 0 Å². The van der Waals surface area contributed by atoms with Crippen LogP contribution in [-0.2, 0) is 6.42 Å². The van der Waals surface area contributed by atoms with Crippen molar-refractivity contribution in [1.82, 2.24) is 0 Å². The van der Waals surface area contributed by atoms with Gasteiger partial charge < -0.3 is 14.8 Å². The number of benzene rings is 3. The summed E-state index contributed by atoms with van der Waals surface area (Å²) in [7, 11) is 3.28. The zero-order valence-corrected chi connectivity index (χ0v) is 19.0. The minimum atomic E-state index is 0.483. The standard InChI is InChI=1S/C26H28N2O2S/c1-18-11-14-20(15-12-18)26(27)21-8-4-5-9-22(21)28-25(31)10-6-7-19-13-16-23(29-2)24(17-19)30-3/h4-5,8-9,11-17,27H,6-7,10H2,1-3H3,(H,28,31). The minimum absolute atomic E-state index is 0.483. The molecule has 3 aromatic rings. The van der Waals surface area contributed by atoms with E-state index in [4.69, 9.17) is 27.1 Å². The van der Waals surface area contributed by atoms with Crippen molar-refractivity contribution in [3.63, 3.8) is 0 Å². The third-order valence-electron chi connectivity index (χ3n) is 5.13. The van der Waals surface area contributed by atoms with Gasteiger partial charge in [0.15, 0.2) is 11.5 Å². The second-order valence-corrected chi connectivity index (χ2v) is 7.87. The van der Waals surface area contributed by atoms with Gasteiger partial charge in [0, 0.05) is 16.8 Å². The molecular weight excluding hydrogens is 404 g/mol. The first-order chi connectivity index (χ1) is 15.0. The van der Waals surface area contributed by atoms with E-state index in [0.717, 1.165) is 52.6 Å². The van der Waals surface area contributed by atoms with E-state index in [1.165, 1.54) is 11.1 Å². The molecule has 0 bridgehead atoms. The van der Waals surface area contributed by atoms with Crippen molar-refractivity contribution < 1.29 is 9.47 Å². The first kappa shape index (κ1) is 22.5. The number of rotatable bonds is 9. The van der Waals surface area contributed by atoms with Crippen molar-refractivity contribution in [2.45, 2.75) is 26.2 Å². The quantitative estimate of drug-likeness (QED) is 0.313. The van der Waals surface area contributed by atoms with Crippen molar-refractivity contribution in [2.75, 3.05) is 19.5 Å². The van der Waals surface area contributed by atoms with Crippen LogP contribution in [0.4, 0.5) is 5.69 Å². The monoisotopic (exact) mass is 432 g/mol. The summed E-state index contributed by atoms with van der Waals surface area (Å²) in [5.74, 6) is 1.47. The number of methoxy groups -OCH3 is 2. The van der Waals surface area contributed by atoms with E-state index in [1.807, 2.05) is 67.6 Å². The SMILES string of the molecule is COc1ccc(CCCC(=S)Nc2ccccc2C(=N)c2ccc(C)cc2)cc1OC. The van der Waals surface area contributed by atoms with Crippen LogP contribution in [0.3, 0.4) is 0 Å². The molecule has 0 fully saturated rings. The Kier molecular flexibility index (Phi) is 7.79. The molecule has 160 valence electrons. The molecule has 0 aliphatic carbocycles. The molecule has 0 unspecified atom stereocenters. The lowest BCUT2D eigenvalue weighted by atomic mass is 10.00. The van der Waals surface area contributed by atoms with Crippen molar-refractivity contribution >= 4 is 28.6 Å². The Balaban J connectivity index is 1.61. The second-order valence-electron chi connectivity index (χ2n) is 7.38. The largest absolute Gasteiger partial charge is 0.493 e. The number of aryl methyl sites for hydroxylation is 2. The summed E-state index contributed by atoms with van der Waals surface area (Å²) in [5, 5.41) is 12.0. The molecule has 0 spiro atoms. The van der Waals surface area contributed by atoms with Crippen LogP contribution in [0.1, 0.15) is 35.1 Å². The third-order valence-corrected chi connectivity index (χ3v) is 5.43. The third kappa shape index (κ3) is 5.92. The van der Waals surface area contributed by atoms with Gasteiger partial charge >= 0.3 is 0 Å². The molecule has 5 heteroatoms. The first-order valence-corrected chi connectivity index (χ1v) is 10.7. The summed E-state index contributed by atoms with van der Waals surface area (Å²) in [5.41, 5.74) is 5.44. The molecule has 3 aromatic carbocycles. The van der Waals surface area contributed by atoms with E-state index in [0.29, 0.717) is 5.71 Å². The number of hydrogen-bond acceptors (Lipinski definition) is 4. The lowest BCUT2D eigenvalue weighted by Crippen LogP contribution is -2.13. The summed E-state index contributed by atoms with van der Waals surface area (Å²) in [6.45, 7) is 2.04. The van der Waals surface area contributed by atoms with Crippen LogP contribution in [0, 0.1) is 12.3 Å². The Morgan fingerprint density at radius 1 is 0.935 bits per heavy atom. The average molecular weight is 433 g/mol. The molecule has 2 N–H and O–H groups in total. The Morgan fingerprint density at radius 3 is 2.35 bits per heavy atom. The highest BCUT2D eigenvalue weighted by Gasteiger charge is 2.11. The lowest BCUT2D eigenvalue weighted by molar-refractivity contribution is 0.354. The molecule has 0 amide bonds. The lowest BCUT2D eigenvalue weighted by Gasteiger charge is -2.14. The molecule has 0 aliphatic rings. The number of para-hydroxylation sites is 1. The molecule has 0 saturated carbocycles. The van der Waals surface area contributed by atoms with E-state index in [-0.39, 0.29) is 0 Å². The van der Waals surface area contributed by atoms with Crippen LogP contribution in [0.25, 0.3) is 0 Å². The van der Waals surface area contributed by atoms with Crippen molar-refractivity contribution in [1.29, 1.82) is 5.41 Å². The van der Waals surface area contributed by atoms with Gasteiger partial charge in [0.1, 0.15) is 0 Å². The van der Waals surface area contributed by atoms with Crippen LogP contribution >= 0.6 is 12.2 Å². The van der Waals surface area contributed by atoms with Gasteiger partial charge in [-0.25, -0.2) is 0 Å². The van der Waals surface area contributed by atoms with Crippen LogP contribution in [-0.4, -0.2) is 24.9 Å². The van der Waals surface area contributed by atoms with Crippen LogP contribution in [0.15, 0.2) is 66.7 Å². The average Bonchev–Trinajstić information content (AvgIpc) is 2.79. The topological polar surface area (TPSA) is 54.3 Å². The fraction of sp³-hybridized carbons (Fsp3) is 0.231. The summed E-state index contributed by atoms with van der Waals surface area (Å²) in [6.07, 6.45) is 2.57. The maximum absolute atomic E-state index is 8.64. The zero-order chi connectivity index (χ0) is 22.2. The van der Waals surface area contributed by atoms with Crippen molar-refractivity contribution in [2.24, 2.45) is 0 Å². The highest BCUT2D eigenvalue weighted by Crippen LogP contribution is 2.28. The fourth-order valence-electron chi connectivity index (χ4n) is 3.39. The highest BCUT2D eigenvalue weighted by atomic mass is 32.1. The Hall–Kier alpha value is -3.18. The second kappa shape index (κ2) is 10.7. The predicted molar refractivity (Wildman–Crippen MR) is 132 cm³/mol. The Morgan fingerprint density at radius 2 is 1.65 bits per heavy atom. The maximum atomic E-state index is 8.64. The molecule has 0 saturated heterocycles. The Labute approximate surface area is 189 Å². The van der Waals surface area contributed by atoms with E-state index in [1.54, 1.807) is 14.2 Å². The van der Waals surface area contributed by atoms with Crippen molar-refractivity contribution in [3.05, 3.63) is 89.0 Å². The minimum Gasteiger partial charge on any atom is -0.493 e. The fourth-order valence-corrected chi connectivity index (χ4v) is 3.64. The van der Waals surface area contributed by atoms with Gasteiger partial charge in [-0.05, 0) is 49.9 Å². The van der Waals surface area contributed by atoms with Crippen LogP contribution in [0.2, 0.25) is 0 Å². The smallest absolute Gasteiger partial charge is 0.160 e. The van der Waals surface area contributed by atoms with E-state index in [2.05, 4.69) is 11.4 Å². The number of anilines is 1.